The van der Waals surface area contributed by atoms with Crippen LogP contribution < -0.4 is 11.1 Å². The standard InChI is InChI=1S/C12H20N2O3S/c1-12(11(13)15,7-10(16-2)17-3)14-8-9-5-4-6-18-9/h4-6,10,14H,7-8H2,1-3H3,(H2,13,15). The topological polar surface area (TPSA) is 73.6 Å². The number of thiophene rings is 1. The van der Waals surface area contributed by atoms with E-state index in [9.17, 15) is 4.79 Å². The zero-order valence-electron chi connectivity index (χ0n) is 10.9. The lowest BCUT2D eigenvalue weighted by molar-refractivity contribution is -0.138. The van der Waals surface area contributed by atoms with Crippen molar-refractivity contribution in [2.75, 3.05) is 14.2 Å². The van der Waals surface area contributed by atoms with Crippen LogP contribution in [0.2, 0.25) is 0 Å². The molecule has 1 heterocycles. The molecule has 0 aromatic carbocycles. The van der Waals surface area contributed by atoms with Crippen LogP contribution in [0.4, 0.5) is 0 Å². The first-order valence-electron chi connectivity index (χ1n) is 5.64. The number of hydrogen-bond donors (Lipinski definition) is 2. The second kappa shape index (κ2) is 6.84. The Hall–Kier alpha value is -0.950. The zero-order valence-corrected chi connectivity index (χ0v) is 11.8. The van der Waals surface area contributed by atoms with Crippen molar-refractivity contribution >= 4 is 17.2 Å². The number of amides is 1. The van der Waals surface area contributed by atoms with Gasteiger partial charge in [0.05, 0.1) is 5.54 Å². The summed E-state index contributed by atoms with van der Waals surface area (Å²) in [5.74, 6) is -0.418. The van der Waals surface area contributed by atoms with Gasteiger partial charge in [-0.3, -0.25) is 10.1 Å². The molecule has 102 valence electrons. The van der Waals surface area contributed by atoms with E-state index >= 15 is 0 Å². The molecule has 0 aliphatic rings. The Morgan fingerprint density at radius 1 is 1.56 bits per heavy atom. The van der Waals surface area contributed by atoms with E-state index in [4.69, 9.17) is 15.2 Å². The van der Waals surface area contributed by atoms with Crippen molar-refractivity contribution < 1.29 is 14.3 Å². The second-order valence-electron chi connectivity index (χ2n) is 4.23. The van der Waals surface area contributed by atoms with Gasteiger partial charge in [0.15, 0.2) is 6.29 Å². The molecule has 0 bridgehead atoms. The summed E-state index contributed by atoms with van der Waals surface area (Å²) in [7, 11) is 3.07. The molecule has 1 unspecified atom stereocenters. The highest BCUT2D eigenvalue weighted by molar-refractivity contribution is 7.09. The molecular weight excluding hydrogens is 252 g/mol. The minimum Gasteiger partial charge on any atom is -0.368 e. The predicted molar refractivity (Wildman–Crippen MR) is 71.2 cm³/mol. The van der Waals surface area contributed by atoms with Crippen LogP contribution >= 0.6 is 11.3 Å². The van der Waals surface area contributed by atoms with E-state index in [-0.39, 0.29) is 0 Å². The van der Waals surface area contributed by atoms with Crippen molar-refractivity contribution in [2.45, 2.75) is 31.7 Å². The molecular formula is C12H20N2O3S. The van der Waals surface area contributed by atoms with Crippen LogP contribution in [0.25, 0.3) is 0 Å². The summed E-state index contributed by atoms with van der Waals surface area (Å²) in [6.07, 6.45) is -0.0981. The lowest BCUT2D eigenvalue weighted by Crippen LogP contribution is -2.54. The van der Waals surface area contributed by atoms with Crippen molar-refractivity contribution in [3.05, 3.63) is 22.4 Å². The normalized spacial score (nSPS) is 14.7. The number of hydrogen-bond acceptors (Lipinski definition) is 5. The molecule has 0 saturated heterocycles. The molecule has 0 radical (unpaired) electrons. The van der Waals surface area contributed by atoms with Crippen molar-refractivity contribution in [2.24, 2.45) is 5.73 Å². The number of ether oxygens (including phenoxy) is 2. The van der Waals surface area contributed by atoms with E-state index in [0.717, 1.165) is 4.88 Å². The SMILES string of the molecule is COC(CC(C)(NCc1cccs1)C(N)=O)OC. The summed E-state index contributed by atoms with van der Waals surface area (Å²) in [5, 5.41) is 5.16. The molecule has 0 aliphatic carbocycles. The molecule has 0 saturated carbocycles. The predicted octanol–water partition coefficient (Wildman–Crippen LogP) is 1.09. The van der Waals surface area contributed by atoms with Crippen molar-refractivity contribution in [1.29, 1.82) is 0 Å². The molecule has 1 aromatic heterocycles. The molecule has 3 N–H and O–H groups in total. The zero-order chi connectivity index (χ0) is 13.6. The number of carbonyl (C=O) groups is 1. The maximum Gasteiger partial charge on any atom is 0.237 e. The Balaban J connectivity index is 2.64. The fraction of sp³-hybridized carbons (Fsp3) is 0.583. The summed E-state index contributed by atoms with van der Waals surface area (Å²) in [6, 6.07) is 3.97. The molecule has 1 amide bonds. The van der Waals surface area contributed by atoms with Gasteiger partial charge in [-0.15, -0.1) is 11.3 Å². The van der Waals surface area contributed by atoms with E-state index in [1.807, 2.05) is 17.5 Å². The highest BCUT2D eigenvalue weighted by Gasteiger charge is 2.33. The Labute approximate surface area is 111 Å². The van der Waals surface area contributed by atoms with Crippen LogP contribution in [0, 0.1) is 0 Å². The smallest absolute Gasteiger partial charge is 0.237 e. The van der Waals surface area contributed by atoms with Gasteiger partial charge in [0.1, 0.15) is 0 Å². The first kappa shape index (κ1) is 15.1. The van der Waals surface area contributed by atoms with E-state index < -0.39 is 17.7 Å². The first-order valence-corrected chi connectivity index (χ1v) is 6.52. The van der Waals surface area contributed by atoms with Crippen LogP contribution in [-0.4, -0.2) is 32.0 Å². The van der Waals surface area contributed by atoms with Crippen LogP contribution in [0.15, 0.2) is 17.5 Å². The van der Waals surface area contributed by atoms with E-state index in [0.29, 0.717) is 13.0 Å². The van der Waals surface area contributed by atoms with Gasteiger partial charge in [-0.1, -0.05) is 6.07 Å². The summed E-state index contributed by atoms with van der Waals surface area (Å²) < 4.78 is 10.2. The number of nitrogens with one attached hydrogen (secondary N) is 1. The van der Waals surface area contributed by atoms with E-state index in [2.05, 4.69) is 5.32 Å². The maximum atomic E-state index is 11.6. The van der Waals surface area contributed by atoms with Crippen LogP contribution in [0.3, 0.4) is 0 Å². The number of primary amides is 1. The molecule has 6 heteroatoms. The highest BCUT2D eigenvalue weighted by atomic mass is 32.1. The maximum absolute atomic E-state index is 11.6. The largest absolute Gasteiger partial charge is 0.368 e. The van der Waals surface area contributed by atoms with Gasteiger partial charge in [0.25, 0.3) is 0 Å². The van der Waals surface area contributed by atoms with E-state index in [1.54, 1.807) is 18.3 Å². The first-order chi connectivity index (χ1) is 8.51. The molecule has 1 atom stereocenters. The van der Waals surface area contributed by atoms with Gasteiger partial charge >= 0.3 is 0 Å². The quantitative estimate of drug-likeness (QED) is 0.695. The number of carbonyl (C=O) groups excluding carboxylic acids is 1. The van der Waals surface area contributed by atoms with Gasteiger partial charge in [0.2, 0.25) is 5.91 Å². The molecule has 0 aliphatic heterocycles. The molecule has 0 fully saturated rings. The highest BCUT2D eigenvalue weighted by Crippen LogP contribution is 2.17. The summed E-state index contributed by atoms with van der Waals surface area (Å²) in [5.41, 5.74) is 4.60. The van der Waals surface area contributed by atoms with Gasteiger partial charge in [0, 0.05) is 32.1 Å². The number of nitrogens with two attached hydrogens (primary N) is 1. The van der Waals surface area contributed by atoms with Crippen molar-refractivity contribution in [3.8, 4) is 0 Å². The molecule has 1 aromatic rings. The van der Waals surface area contributed by atoms with Crippen molar-refractivity contribution in [1.82, 2.24) is 5.32 Å². The Kier molecular flexibility index (Phi) is 5.74. The Morgan fingerprint density at radius 3 is 2.67 bits per heavy atom. The lowest BCUT2D eigenvalue weighted by Gasteiger charge is -2.30. The fourth-order valence-corrected chi connectivity index (χ4v) is 2.20. The third-order valence-corrected chi connectivity index (χ3v) is 3.75. The van der Waals surface area contributed by atoms with Crippen LogP contribution in [-0.2, 0) is 20.8 Å². The summed E-state index contributed by atoms with van der Waals surface area (Å²) in [4.78, 5) is 12.7. The van der Waals surface area contributed by atoms with Gasteiger partial charge in [-0.2, -0.15) is 0 Å². The van der Waals surface area contributed by atoms with Gasteiger partial charge in [-0.25, -0.2) is 0 Å². The monoisotopic (exact) mass is 272 g/mol. The molecule has 18 heavy (non-hydrogen) atoms. The number of methoxy groups -OCH3 is 2. The van der Waals surface area contributed by atoms with Crippen LogP contribution in [0.1, 0.15) is 18.2 Å². The lowest BCUT2D eigenvalue weighted by atomic mass is 9.96. The third-order valence-electron chi connectivity index (χ3n) is 2.88. The summed E-state index contributed by atoms with van der Waals surface area (Å²) in [6.45, 7) is 2.35. The van der Waals surface area contributed by atoms with Crippen molar-refractivity contribution in [3.63, 3.8) is 0 Å². The molecule has 1 rings (SSSR count). The Bertz CT molecular complexity index is 365. The van der Waals surface area contributed by atoms with Gasteiger partial charge < -0.3 is 15.2 Å². The fourth-order valence-electron chi connectivity index (χ4n) is 1.55. The van der Waals surface area contributed by atoms with E-state index in [1.165, 1.54) is 14.2 Å². The third kappa shape index (κ3) is 4.06. The van der Waals surface area contributed by atoms with Crippen LogP contribution in [0.5, 0.6) is 0 Å². The average molecular weight is 272 g/mol. The molecule has 0 spiro atoms. The average Bonchev–Trinajstić information content (AvgIpc) is 2.86. The second-order valence-corrected chi connectivity index (χ2v) is 5.27. The minimum absolute atomic E-state index is 0.362. The number of rotatable bonds is 8. The minimum atomic E-state index is -0.860. The summed E-state index contributed by atoms with van der Waals surface area (Å²) >= 11 is 1.63. The molecule has 5 nitrogen and oxygen atoms in total. The Morgan fingerprint density at radius 2 is 2.22 bits per heavy atom. The van der Waals surface area contributed by atoms with Gasteiger partial charge in [-0.05, 0) is 18.4 Å².